The van der Waals surface area contributed by atoms with E-state index in [1.165, 1.54) is 18.2 Å². The maximum absolute atomic E-state index is 12.9. The molecule has 144 valence electrons. The summed E-state index contributed by atoms with van der Waals surface area (Å²) < 4.78 is 25.2. The van der Waals surface area contributed by atoms with Crippen molar-refractivity contribution in [2.45, 2.75) is 0 Å². The Kier molecular flexibility index (Phi) is 5.83. The second kappa shape index (κ2) is 7.96. The van der Waals surface area contributed by atoms with Crippen molar-refractivity contribution < 1.29 is 13.2 Å². The Balaban J connectivity index is 1.71. The van der Waals surface area contributed by atoms with Crippen LogP contribution in [0.3, 0.4) is 0 Å². The number of carbonyl (C=O) groups is 1. The minimum Gasteiger partial charge on any atom is -0.368 e. The van der Waals surface area contributed by atoms with Gasteiger partial charge in [0, 0.05) is 42.6 Å². The highest BCUT2D eigenvalue weighted by Gasteiger charge is 2.24. The Morgan fingerprint density at radius 3 is 2.37 bits per heavy atom. The quantitative estimate of drug-likeness (QED) is 0.811. The summed E-state index contributed by atoms with van der Waals surface area (Å²) in [7, 11) is -3.43. The molecule has 0 aromatic heterocycles. The molecule has 0 aliphatic carbocycles. The molecule has 1 N–H and O–H groups in total. The molecular formula is C18H19Cl2N3O3S. The van der Waals surface area contributed by atoms with Crippen LogP contribution in [0.2, 0.25) is 10.0 Å². The predicted octanol–water partition coefficient (Wildman–Crippen LogP) is 3.33. The first-order valence-electron chi connectivity index (χ1n) is 8.30. The summed E-state index contributed by atoms with van der Waals surface area (Å²) in [5, 5.41) is 0.962. The largest absolute Gasteiger partial charge is 0.368 e. The fourth-order valence-corrected chi connectivity index (χ4v) is 3.92. The summed E-state index contributed by atoms with van der Waals surface area (Å²) in [6.45, 7) is 2.41. The fourth-order valence-electron chi connectivity index (χ4n) is 2.98. The number of hydrogen-bond donors (Lipinski definition) is 1. The summed E-state index contributed by atoms with van der Waals surface area (Å²) in [4.78, 5) is 16.7. The lowest BCUT2D eigenvalue weighted by molar-refractivity contribution is 0.0747. The molecular weight excluding hydrogens is 409 g/mol. The highest BCUT2D eigenvalue weighted by molar-refractivity contribution is 7.92. The van der Waals surface area contributed by atoms with Gasteiger partial charge in [-0.3, -0.25) is 9.52 Å². The number of halogens is 2. The molecule has 1 saturated heterocycles. The molecule has 0 unspecified atom stereocenters. The molecule has 1 heterocycles. The third kappa shape index (κ3) is 5.06. The molecule has 2 aromatic rings. The zero-order valence-corrected chi connectivity index (χ0v) is 17.0. The van der Waals surface area contributed by atoms with Gasteiger partial charge in [0.15, 0.2) is 0 Å². The van der Waals surface area contributed by atoms with E-state index in [-0.39, 0.29) is 16.5 Å². The van der Waals surface area contributed by atoms with E-state index >= 15 is 0 Å². The topological polar surface area (TPSA) is 69.7 Å². The molecule has 6 nitrogen and oxygen atoms in total. The molecule has 0 radical (unpaired) electrons. The van der Waals surface area contributed by atoms with Gasteiger partial charge in [-0.05, 0) is 36.4 Å². The summed E-state index contributed by atoms with van der Waals surface area (Å²) in [5.41, 5.74) is 1.61. The van der Waals surface area contributed by atoms with Gasteiger partial charge >= 0.3 is 0 Å². The third-order valence-electron chi connectivity index (χ3n) is 4.24. The van der Waals surface area contributed by atoms with E-state index < -0.39 is 10.0 Å². The minimum atomic E-state index is -3.43. The van der Waals surface area contributed by atoms with Crippen LogP contribution in [-0.4, -0.2) is 51.7 Å². The number of anilines is 2. The lowest BCUT2D eigenvalue weighted by Gasteiger charge is -2.36. The minimum absolute atomic E-state index is 0.220. The van der Waals surface area contributed by atoms with Crippen molar-refractivity contribution in [2.24, 2.45) is 0 Å². The van der Waals surface area contributed by atoms with Gasteiger partial charge in [0.2, 0.25) is 10.0 Å². The summed E-state index contributed by atoms with van der Waals surface area (Å²) in [5.74, 6) is -0.220. The van der Waals surface area contributed by atoms with E-state index in [4.69, 9.17) is 23.2 Å². The van der Waals surface area contributed by atoms with Gasteiger partial charge in [-0.2, -0.15) is 0 Å². The van der Waals surface area contributed by atoms with Gasteiger partial charge in [0.25, 0.3) is 5.91 Å². The van der Waals surface area contributed by atoms with E-state index in [0.29, 0.717) is 36.9 Å². The van der Waals surface area contributed by atoms with Crippen molar-refractivity contribution in [3.63, 3.8) is 0 Å². The zero-order valence-electron chi connectivity index (χ0n) is 14.7. The first-order valence-corrected chi connectivity index (χ1v) is 10.9. The number of sulfonamides is 1. The first-order chi connectivity index (χ1) is 12.7. The smallest absolute Gasteiger partial charge is 0.255 e. The second-order valence-corrected chi connectivity index (χ2v) is 8.92. The highest BCUT2D eigenvalue weighted by atomic mass is 35.5. The molecule has 27 heavy (non-hydrogen) atoms. The average Bonchev–Trinajstić information content (AvgIpc) is 2.62. The second-order valence-electron chi connectivity index (χ2n) is 6.33. The maximum atomic E-state index is 12.9. The van der Waals surface area contributed by atoms with Crippen molar-refractivity contribution in [3.8, 4) is 0 Å². The van der Waals surface area contributed by atoms with Gasteiger partial charge in [0.05, 0.1) is 16.8 Å². The number of benzene rings is 2. The average molecular weight is 428 g/mol. The lowest BCUT2D eigenvalue weighted by atomic mass is 10.1. The van der Waals surface area contributed by atoms with Crippen LogP contribution in [-0.2, 0) is 10.0 Å². The lowest BCUT2D eigenvalue weighted by Crippen LogP contribution is -2.48. The molecule has 0 bridgehead atoms. The Morgan fingerprint density at radius 1 is 1.04 bits per heavy atom. The molecule has 0 atom stereocenters. The fraction of sp³-hybridized carbons (Fsp3) is 0.278. The number of nitrogens with one attached hydrogen (secondary N) is 1. The number of rotatable bonds is 4. The monoisotopic (exact) mass is 427 g/mol. The molecule has 1 fully saturated rings. The van der Waals surface area contributed by atoms with Gasteiger partial charge < -0.3 is 9.80 Å². The van der Waals surface area contributed by atoms with Gasteiger partial charge in [-0.1, -0.05) is 29.3 Å². The van der Waals surface area contributed by atoms with Crippen molar-refractivity contribution in [3.05, 3.63) is 58.1 Å². The molecule has 1 aliphatic heterocycles. The first kappa shape index (κ1) is 19.8. The number of piperazine rings is 1. The Labute approximate surface area is 168 Å². The summed E-state index contributed by atoms with van der Waals surface area (Å²) in [6.07, 6.45) is 1.05. The molecule has 2 aromatic carbocycles. The van der Waals surface area contributed by atoms with Gasteiger partial charge in [-0.25, -0.2) is 8.42 Å². The Hall–Kier alpha value is -1.96. The highest BCUT2D eigenvalue weighted by Crippen LogP contribution is 2.25. The van der Waals surface area contributed by atoms with E-state index in [0.717, 1.165) is 11.9 Å². The molecule has 1 aliphatic rings. The van der Waals surface area contributed by atoms with Crippen LogP contribution >= 0.6 is 23.2 Å². The molecule has 9 heteroatoms. The van der Waals surface area contributed by atoms with Crippen LogP contribution < -0.4 is 9.62 Å². The van der Waals surface area contributed by atoms with E-state index in [2.05, 4.69) is 9.62 Å². The Bertz CT molecular complexity index is 958. The van der Waals surface area contributed by atoms with Crippen LogP contribution in [0.4, 0.5) is 11.4 Å². The van der Waals surface area contributed by atoms with E-state index in [1.54, 1.807) is 4.90 Å². The van der Waals surface area contributed by atoms with Crippen molar-refractivity contribution in [1.82, 2.24) is 4.90 Å². The van der Waals surface area contributed by atoms with Crippen LogP contribution in [0.25, 0.3) is 0 Å². The number of amides is 1. The molecule has 0 spiro atoms. The summed E-state index contributed by atoms with van der Waals surface area (Å²) in [6, 6.07) is 12.1. The zero-order chi connectivity index (χ0) is 19.6. The van der Waals surface area contributed by atoms with Crippen molar-refractivity contribution in [1.29, 1.82) is 0 Å². The van der Waals surface area contributed by atoms with Crippen LogP contribution in [0, 0.1) is 0 Å². The third-order valence-corrected chi connectivity index (χ3v) is 5.41. The number of hydrogen-bond acceptors (Lipinski definition) is 4. The normalized spacial score (nSPS) is 14.9. The van der Waals surface area contributed by atoms with Crippen LogP contribution in [0.1, 0.15) is 10.4 Å². The standard InChI is InChI=1S/C18H19Cl2N3O3S/c1-27(25,26)21-14-5-6-17(20)16(12-14)18(24)23-9-7-22(8-10-23)15-4-2-3-13(19)11-15/h2-6,11-12,21H,7-10H2,1H3. The SMILES string of the molecule is CS(=O)(=O)Nc1ccc(Cl)c(C(=O)N2CCN(c3cccc(Cl)c3)CC2)c1. The van der Waals surface area contributed by atoms with Crippen molar-refractivity contribution in [2.75, 3.05) is 42.1 Å². The summed E-state index contributed by atoms with van der Waals surface area (Å²) >= 11 is 12.2. The number of carbonyl (C=O) groups excluding carboxylic acids is 1. The van der Waals surface area contributed by atoms with E-state index in [9.17, 15) is 13.2 Å². The van der Waals surface area contributed by atoms with E-state index in [1.807, 2.05) is 24.3 Å². The Morgan fingerprint density at radius 2 is 1.74 bits per heavy atom. The maximum Gasteiger partial charge on any atom is 0.255 e. The predicted molar refractivity (Wildman–Crippen MR) is 109 cm³/mol. The van der Waals surface area contributed by atoms with Crippen LogP contribution in [0.15, 0.2) is 42.5 Å². The number of nitrogens with zero attached hydrogens (tertiary/aromatic N) is 2. The van der Waals surface area contributed by atoms with Gasteiger partial charge in [0.1, 0.15) is 0 Å². The molecule has 1 amide bonds. The van der Waals surface area contributed by atoms with Crippen LogP contribution in [0.5, 0.6) is 0 Å². The van der Waals surface area contributed by atoms with Crippen molar-refractivity contribution >= 4 is 50.5 Å². The van der Waals surface area contributed by atoms with Gasteiger partial charge in [-0.15, -0.1) is 0 Å². The molecule has 0 saturated carbocycles. The molecule has 3 rings (SSSR count).